The Morgan fingerprint density at radius 2 is 2.00 bits per heavy atom. The van der Waals surface area contributed by atoms with Crippen LogP contribution in [0.4, 0.5) is 0 Å². The number of benzene rings is 1. The predicted octanol–water partition coefficient (Wildman–Crippen LogP) is 3.14. The summed E-state index contributed by atoms with van der Waals surface area (Å²) in [4.78, 5) is 22.6. The van der Waals surface area contributed by atoms with E-state index in [0.717, 1.165) is 30.7 Å². The van der Waals surface area contributed by atoms with Gasteiger partial charge in [-0.1, -0.05) is 23.7 Å². The number of nitrogens with zero attached hydrogens (tertiary/aromatic N) is 3. The predicted molar refractivity (Wildman–Crippen MR) is 98.6 cm³/mol. The third-order valence-corrected chi connectivity index (χ3v) is 4.38. The Morgan fingerprint density at radius 1 is 1.27 bits per heavy atom. The normalized spacial score (nSPS) is 17.0. The van der Waals surface area contributed by atoms with Gasteiger partial charge in [-0.3, -0.25) is 4.79 Å². The van der Waals surface area contributed by atoms with Crippen molar-refractivity contribution in [1.29, 1.82) is 0 Å². The number of hydrogen-bond acceptors (Lipinski definition) is 5. The minimum absolute atomic E-state index is 0.0967. The molecule has 1 aromatic carbocycles. The van der Waals surface area contributed by atoms with E-state index in [2.05, 4.69) is 9.97 Å². The lowest BCUT2D eigenvalue weighted by Gasteiger charge is -2.32. The van der Waals surface area contributed by atoms with Crippen LogP contribution < -0.4 is 9.47 Å². The summed E-state index contributed by atoms with van der Waals surface area (Å²) in [5.41, 5.74) is 0.975. The van der Waals surface area contributed by atoms with Crippen LogP contribution in [0.2, 0.25) is 5.02 Å². The molecule has 0 bridgehead atoms. The van der Waals surface area contributed by atoms with Gasteiger partial charge in [-0.15, -0.1) is 0 Å². The zero-order valence-corrected chi connectivity index (χ0v) is 15.5. The number of hydrogen-bond donors (Lipinski definition) is 0. The van der Waals surface area contributed by atoms with Gasteiger partial charge in [0.25, 0.3) is 0 Å². The molecule has 1 saturated heterocycles. The number of halogens is 1. The number of carbonyl (C=O) groups is 1. The lowest BCUT2D eigenvalue weighted by molar-refractivity contribution is -0.133. The fraction of sp³-hybridized carbons (Fsp3) is 0.421. The Labute approximate surface area is 158 Å². The van der Waals surface area contributed by atoms with Crippen LogP contribution in [0.5, 0.6) is 11.8 Å². The van der Waals surface area contributed by atoms with Crippen LogP contribution >= 0.6 is 11.6 Å². The fourth-order valence-electron chi connectivity index (χ4n) is 2.93. The van der Waals surface area contributed by atoms with Gasteiger partial charge in [-0.2, -0.15) is 0 Å². The fourth-order valence-corrected chi connectivity index (χ4v) is 3.03. The zero-order valence-electron chi connectivity index (χ0n) is 14.7. The summed E-state index contributed by atoms with van der Waals surface area (Å²) in [5, 5.41) is 0.466. The molecule has 7 heteroatoms. The summed E-state index contributed by atoms with van der Waals surface area (Å²) in [6.45, 7) is 3.87. The molecular weight excluding hydrogens is 354 g/mol. The maximum atomic E-state index is 12.6. The van der Waals surface area contributed by atoms with Gasteiger partial charge in [-0.25, -0.2) is 9.97 Å². The molecule has 0 radical (unpaired) electrons. The second-order valence-electron chi connectivity index (χ2n) is 6.16. The highest BCUT2D eigenvalue weighted by molar-refractivity contribution is 6.30. The number of carbonyl (C=O) groups excluding carboxylic acids is 1. The van der Waals surface area contributed by atoms with E-state index in [9.17, 15) is 4.79 Å². The van der Waals surface area contributed by atoms with Gasteiger partial charge in [0.1, 0.15) is 11.9 Å². The molecular formula is C19H22ClN3O3. The first-order chi connectivity index (χ1) is 12.6. The standard InChI is InChI=1S/C19H22ClN3O3/c1-2-25-16-7-5-14(6-8-16)10-18(24)23-9-3-4-17(13-23)26-19-21-11-15(20)12-22-19/h5-8,11-12,17H,2-4,9-10,13H2,1H3. The second kappa shape index (κ2) is 8.85. The van der Waals surface area contributed by atoms with Crippen LogP contribution in [0.15, 0.2) is 36.7 Å². The van der Waals surface area contributed by atoms with Crippen molar-refractivity contribution in [3.8, 4) is 11.8 Å². The third-order valence-electron chi connectivity index (χ3n) is 4.19. The Kier molecular flexibility index (Phi) is 6.28. The molecule has 1 aliphatic heterocycles. The van der Waals surface area contributed by atoms with E-state index in [-0.39, 0.29) is 12.0 Å². The SMILES string of the molecule is CCOc1ccc(CC(=O)N2CCCC(Oc3ncc(Cl)cn3)C2)cc1. The van der Waals surface area contributed by atoms with Crippen LogP contribution in [0.3, 0.4) is 0 Å². The van der Waals surface area contributed by atoms with Crippen LogP contribution in [0, 0.1) is 0 Å². The summed E-state index contributed by atoms with van der Waals surface area (Å²) in [6.07, 6.45) is 5.04. The highest BCUT2D eigenvalue weighted by Gasteiger charge is 2.25. The molecule has 0 saturated carbocycles. The first-order valence-electron chi connectivity index (χ1n) is 8.77. The molecule has 1 aliphatic rings. The molecule has 6 nitrogen and oxygen atoms in total. The Morgan fingerprint density at radius 3 is 2.69 bits per heavy atom. The van der Waals surface area contributed by atoms with Gasteiger partial charge in [0.15, 0.2) is 0 Å². The molecule has 1 unspecified atom stereocenters. The third kappa shape index (κ3) is 5.08. The molecule has 0 spiro atoms. The van der Waals surface area contributed by atoms with Crippen LogP contribution in [0.1, 0.15) is 25.3 Å². The van der Waals surface area contributed by atoms with E-state index in [4.69, 9.17) is 21.1 Å². The summed E-state index contributed by atoms with van der Waals surface area (Å²) >= 11 is 5.78. The van der Waals surface area contributed by atoms with E-state index in [1.165, 1.54) is 12.4 Å². The minimum atomic E-state index is -0.103. The van der Waals surface area contributed by atoms with E-state index < -0.39 is 0 Å². The van der Waals surface area contributed by atoms with Crippen LogP contribution in [-0.2, 0) is 11.2 Å². The van der Waals surface area contributed by atoms with Gasteiger partial charge < -0.3 is 14.4 Å². The van der Waals surface area contributed by atoms with Crippen molar-refractivity contribution in [3.05, 3.63) is 47.2 Å². The number of likely N-dealkylation sites (tertiary alicyclic amines) is 1. The summed E-state index contributed by atoms with van der Waals surface area (Å²) < 4.78 is 11.2. The lowest BCUT2D eigenvalue weighted by atomic mass is 10.1. The van der Waals surface area contributed by atoms with Crippen LogP contribution in [-0.4, -0.2) is 46.6 Å². The lowest BCUT2D eigenvalue weighted by Crippen LogP contribution is -2.45. The molecule has 0 N–H and O–H groups in total. The average molecular weight is 376 g/mol. The Bertz CT molecular complexity index is 722. The number of piperidine rings is 1. The number of amides is 1. The van der Waals surface area contributed by atoms with Crippen molar-refractivity contribution in [1.82, 2.24) is 14.9 Å². The van der Waals surface area contributed by atoms with E-state index in [1.54, 1.807) is 0 Å². The molecule has 1 amide bonds. The largest absolute Gasteiger partial charge is 0.494 e. The minimum Gasteiger partial charge on any atom is -0.494 e. The van der Waals surface area contributed by atoms with Crippen molar-refractivity contribution >= 4 is 17.5 Å². The zero-order chi connectivity index (χ0) is 18.4. The Hall–Kier alpha value is -2.34. The molecule has 3 rings (SSSR count). The number of aromatic nitrogens is 2. The highest BCUT2D eigenvalue weighted by atomic mass is 35.5. The molecule has 2 heterocycles. The molecule has 26 heavy (non-hydrogen) atoms. The highest BCUT2D eigenvalue weighted by Crippen LogP contribution is 2.18. The first-order valence-corrected chi connectivity index (χ1v) is 9.15. The topological polar surface area (TPSA) is 64.5 Å². The molecule has 1 atom stereocenters. The first kappa shape index (κ1) is 18.5. The van der Waals surface area contributed by atoms with Crippen molar-refractivity contribution in [3.63, 3.8) is 0 Å². The second-order valence-corrected chi connectivity index (χ2v) is 6.60. The number of rotatable bonds is 6. The van der Waals surface area contributed by atoms with Gasteiger partial charge in [0.05, 0.1) is 37.0 Å². The van der Waals surface area contributed by atoms with E-state index in [0.29, 0.717) is 30.6 Å². The quantitative estimate of drug-likeness (QED) is 0.776. The average Bonchev–Trinajstić information content (AvgIpc) is 2.66. The van der Waals surface area contributed by atoms with E-state index in [1.807, 2.05) is 36.1 Å². The van der Waals surface area contributed by atoms with Gasteiger partial charge in [-0.05, 0) is 37.5 Å². The Balaban J connectivity index is 1.54. The molecule has 2 aromatic rings. The van der Waals surface area contributed by atoms with Crippen molar-refractivity contribution in [2.45, 2.75) is 32.3 Å². The van der Waals surface area contributed by atoms with Gasteiger partial charge in [0, 0.05) is 6.54 Å². The van der Waals surface area contributed by atoms with Crippen molar-refractivity contribution < 1.29 is 14.3 Å². The number of ether oxygens (including phenoxy) is 2. The van der Waals surface area contributed by atoms with Crippen LogP contribution in [0.25, 0.3) is 0 Å². The molecule has 0 aliphatic carbocycles. The summed E-state index contributed by atoms with van der Waals surface area (Å²) in [6, 6.07) is 7.95. The summed E-state index contributed by atoms with van der Waals surface area (Å²) in [5.74, 6) is 0.914. The molecule has 1 fully saturated rings. The molecule has 1 aromatic heterocycles. The van der Waals surface area contributed by atoms with E-state index >= 15 is 0 Å². The van der Waals surface area contributed by atoms with Crippen molar-refractivity contribution in [2.24, 2.45) is 0 Å². The van der Waals surface area contributed by atoms with Gasteiger partial charge in [0.2, 0.25) is 5.91 Å². The summed E-state index contributed by atoms with van der Waals surface area (Å²) in [7, 11) is 0. The van der Waals surface area contributed by atoms with Gasteiger partial charge >= 0.3 is 6.01 Å². The maximum Gasteiger partial charge on any atom is 0.316 e. The smallest absolute Gasteiger partial charge is 0.316 e. The maximum absolute atomic E-state index is 12.6. The monoisotopic (exact) mass is 375 g/mol. The molecule has 138 valence electrons. The van der Waals surface area contributed by atoms with Crippen molar-refractivity contribution in [2.75, 3.05) is 19.7 Å².